The highest BCUT2D eigenvalue weighted by Gasteiger charge is 2.31. The van der Waals surface area contributed by atoms with Crippen LogP contribution in [0.1, 0.15) is 31.2 Å². The number of hydrogen-bond donors (Lipinski definition) is 2. The molecule has 1 heterocycles. The fourth-order valence-corrected chi connectivity index (χ4v) is 2.42. The molecule has 0 radical (unpaired) electrons. The first-order valence-electron chi connectivity index (χ1n) is 6.71. The van der Waals surface area contributed by atoms with Crippen LogP contribution in [0.15, 0.2) is 18.2 Å². The van der Waals surface area contributed by atoms with E-state index in [0.717, 1.165) is 18.2 Å². The average molecular weight is 335 g/mol. The fourth-order valence-electron chi connectivity index (χ4n) is 2.26. The Morgan fingerprint density at radius 3 is 2.77 bits per heavy atom. The maximum Gasteiger partial charge on any atom is 0.416 e. The van der Waals surface area contributed by atoms with Crippen LogP contribution in [-0.2, 0) is 15.8 Å². The molecule has 1 atom stereocenters. The van der Waals surface area contributed by atoms with Crippen LogP contribution in [-0.4, -0.2) is 17.9 Å². The summed E-state index contributed by atoms with van der Waals surface area (Å²) in [6.07, 6.45) is -2.74. The number of alkyl halides is 3. The lowest BCUT2D eigenvalue weighted by molar-refractivity contribution is -0.137. The van der Waals surface area contributed by atoms with E-state index >= 15 is 0 Å². The Morgan fingerprint density at radius 1 is 1.41 bits per heavy atom. The van der Waals surface area contributed by atoms with Crippen LogP contribution in [0.3, 0.4) is 0 Å². The summed E-state index contributed by atoms with van der Waals surface area (Å²) in [6, 6.07) is 2.42. The predicted octanol–water partition coefficient (Wildman–Crippen LogP) is 3.36. The summed E-state index contributed by atoms with van der Waals surface area (Å²) in [5.41, 5.74) is -0.984. The smallest absolute Gasteiger partial charge is 0.353 e. The van der Waals surface area contributed by atoms with Crippen LogP contribution in [0.25, 0.3) is 0 Å². The number of nitrogens with one attached hydrogen (secondary N) is 2. The maximum atomic E-state index is 12.6. The molecule has 0 saturated carbocycles. The molecule has 1 fully saturated rings. The van der Waals surface area contributed by atoms with Crippen molar-refractivity contribution in [1.29, 1.82) is 0 Å². The van der Waals surface area contributed by atoms with Crippen LogP contribution in [0.2, 0.25) is 5.02 Å². The number of benzene rings is 1. The molecule has 0 aliphatic carbocycles. The second kappa shape index (κ2) is 6.56. The number of carbonyl (C=O) groups excluding carboxylic acids is 2. The van der Waals surface area contributed by atoms with Crippen LogP contribution in [0, 0.1) is 0 Å². The van der Waals surface area contributed by atoms with E-state index in [2.05, 4.69) is 10.6 Å². The summed E-state index contributed by atoms with van der Waals surface area (Å²) in [7, 11) is 0. The van der Waals surface area contributed by atoms with Crippen molar-refractivity contribution in [3.63, 3.8) is 0 Å². The Labute approximate surface area is 130 Å². The van der Waals surface area contributed by atoms with Gasteiger partial charge in [0.2, 0.25) is 11.8 Å². The van der Waals surface area contributed by atoms with E-state index in [1.165, 1.54) is 0 Å². The van der Waals surface area contributed by atoms with Crippen molar-refractivity contribution in [3.8, 4) is 0 Å². The van der Waals surface area contributed by atoms with Gasteiger partial charge in [-0.2, -0.15) is 13.2 Å². The monoisotopic (exact) mass is 334 g/mol. The number of amides is 2. The van der Waals surface area contributed by atoms with Crippen molar-refractivity contribution in [2.24, 2.45) is 0 Å². The quantitative estimate of drug-likeness (QED) is 0.890. The topological polar surface area (TPSA) is 58.2 Å². The summed E-state index contributed by atoms with van der Waals surface area (Å²) in [4.78, 5) is 23.1. The molecule has 4 nitrogen and oxygen atoms in total. The van der Waals surface area contributed by atoms with Gasteiger partial charge in [0.1, 0.15) is 0 Å². The van der Waals surface area contributed by atoms with Gasteiger partial charge in [-0.3, -0.25) is 9.59 Å². The normalized spacial score (nSPS) is 18.7. The molecule has 1 aliphatic heterocycles. The molecule has 1 saturated heterocycles. The molecule has 0 spiro atoms. The minimum Gasteiger partial charge on any atom is -0.353 e. The number of carbonyl (C=O) groups is 2. The van der Waals surface area contributed by atoms with E-state index in [4.69, 9.17) is 11.6 Å². The third kappa shape index (κ3) is 4.37. The molecule has 0 aromatic heterocycles. The number of halogens is 4. The zero-order chi connectivity index (χ0) is 16.3. The second-order valence-corrected chi connectivity index (χ2v) is 5.51. The Hall–Kier alpha value is -1.76. The van der Waals surface area contributed by atoms with Crippen LogP contribution in [0.4, 0.5) is 18.9 Å². The van der Waals surface area contributed by atoms with Gasteiger partial charge in [-0.1, -0.05) is 11.6 Å². The Morgan fingerprint density at radius 2 is 2.14 bits per heavy atom. The molecule has 8 heteroatoms. The Balaban J connectivity index is 2.03. The maximum absolute atomic E-state index is 12.6. The lowest BCUT2D eigenvalue weighted by Crippen LogP contribution is -2.40. The molecule has 1 aromatic carbocycles. The Bertz CT molecular complexity index is 590. The minimum atomic E-state index is -4.51. The second-order valence-electron chi connectivity index (χ2n) is 5.10. The van der Waals surface area contributed by atoms with Crippen molar-refractivity contribution in [2.45, 2.75) is 37.9 Å². The van der Waals surface area contributed by atoms with E-state index < -0.39 is 17.6 Å². The zero-order valence-corrected chi connectivity index (χ0v) is 12.2. The van der Waals surface area contributed by atoms with Crippen LogP contribution in [0.5, 0.6) is 0 Å². The molecular formula is C14H14ClF3N2O2. The van der Waals surface area contributed by atoms with E-state index in [9.17, 15) is 22.8 Å². The molecule has 120 valence electrons. The highest BCUT2D eigenvalue weighted by molar-refractivity contribution is 6.33. The van der Waals surface area contributed by atoms with Gasteiger partial charge < -0.3 is 10.6 Å². The van der Waals surface area contributed by atoms with Crippen LogP contribution >= 0.6 is 11.6 Å². The fraction of sp³-hybridized carbons (Fsp3) is 0.429. The standard InChI is InChI=1S/C14H14ClF3N2O2/c15-10-5-4-8(14(16,17)18)6-11(10)20-13(22)7-9-2-1-3-12(21)19-9/h4-6,9H,1-3,7H2,(H,19,21)(H,20,22). The number of hydrogen-bond acceptors (Lipinski definition) is 2. The zero-order valence-electron chi connectivity index (χ0n) is 11.5. The highest BCUT2D eigenvalue weighted by Crippen LogP contribution is 2.33. The molecule has 2 N–H and O–H groups in total. The average Bonchev–Trinajstić information content (AvgIpc) is 2.40. The first kappa shape index (κ1) is 16.6. The first-order chi connectivity index (χ1) is 10.3. The van der Waals surface area contributed by atoms with E-state index in [1.54, 1.807) is 0 Å². The molecule has 2 amide bonds. The van der Waals surface area contributed by atoms with Crippen molar-refractivity contribution < 1.29 is 22.8 Å². The van der Waals surface area contributed by atoms with E-state index in [0.29, 0.717) is 19.3 Å². The van der Waals surface area contributed by atoms with Gasteiger partial charge in [0.05, 0.1) is 16.3 Å². The summed E-state index contributed by atoms with van der Waals surface area (Å²) in [6.45, 7) is 0. The van der Waals surface area contributed by atoms with Gasteiger partial charge in [-0.05, 0) is 31.0 Å². The number of anilines is 1. The Kier molecular flexibility index (Phi) is 4.95. The van der Waals surface area contributed by atoms with Gasteiger partial charge in [0.15, 0.2) is 0 Å². The van der Waals surface area contributed by atoms with Gasteiger partial charge in [0.25, 0.3) is 0 Å². The minimum absolute atomic E-state index is 0.00167. The van der Waals surface area contributed by atoms with Crippen molar-refractivity contribution in [2.75, 3.05) is 5.32 Å². The predicted molar refractivity (Wildman–Crippen MR) is 75.5 cm³/mol. The number of rotatable bonds is 3. The summed E-state index contributed by atoms with van der Waals surface area (Å²) >= 11 is 5.80. The summed E-state index contributed by atoms with van der Waals surface area (Å²) in [5, 5.41) is 5.06. The van der Waals surface area contributed by atoms with Crippen molar-refractivity contribution >= 4 is 29.1 Å². The van der Waals surface area contributed by atoms with Gasteiger partial charge in [-0.15, -0.1) is 0 Å². The largest absolute Gasteiger partial charge is 0.416 e. The summed E-state index contributed by atoms with van der Waals surface area (Å²) in [5.74, 6) is -0.616. The SMILES string of the molecule is O=C(CC1CCCC(=O)N1)Nc1cc(C(F)(F)F)ccc1Cl. The molecule has 0 bridgehead atoms. The highest BCUT2D eigenvalue weighted by atomic mass is 35.5. The van der Waals surface area contributed by atoms with Crippen molar-refractivity contribution in [3.05, 3.63) is 28.8 Å². The molecule has 1 aliphatic rings. The third-order valence-corrected chi connectivity index (χ3v) is 3.65. The van der Waals surface area contributed by atoms with Gasteiger partial charge in [-0.25, -0.2) is 0 Å². The third-order valence-electron chi connectivity index (χ3n) is 3.32. The molecule has 1 unspecified atom stereocenters. The summed E-state index contributed by atoms with van der Waals surface area (Å²) < 4.78 is 37.9. The molecular weight excluding hydrogens is 321 g/mol. The lowest BCUT2D eigenvalue weighted by atomic mass is 10.0. The van der Waals surface area contributed by atoms with Crippen molar-refractivity contribution in [1.82, 2.24) is 5.32 Å². The molecule has 2 rings (SSSR count). The molecule has 22 heavy (non-hydrogen) atoms. The van der Waals surface area contributed by atoms with Crippen LogP contribution < -0.4 is 10.6 Å². The van der Waals surface area contributed by atoms with Gasteiger partial charge in [0, 0.05) is 18.9 Å². The lowest BCUT2D eigenvalue weighted by Gasteiger charge is -2.22. The first-order valence-corrected chi connectivity index (χ1v) is 7.09. The van der Waals surface area contributed by atoms with E-state index in [-0.39, 0.29) is 29.1 Å². The van der Waals surface area contributed by atoms with E-state index in [1.807, 2.05) is 0 Å². The molecule has 1 aromatic rings. The number of piperidine rings is 1. The van der Waals surface area contributed by atoms with Gasteiger partial charge >= 0.3 is 6.18 Å².